The molecule has 6 heteroatoms. The highest BCUT2D eigenvalue weighted by molar-refractivity contribution is 6.31. The monoisotopic (exact) mass is 321 g/mol. The van der Waals surface area contributed by atoms with E-state index in [1.54, 1.807) is 23.2 Å². The zero-order valence-corrected chi connectivity index (χ0v) is 12.8. The molecule has 2 aromatic rings. The number of likely N-dealkylation sites (tertiary alicyclic amines) is 1. The van der Waals surface area contributed by atoms with Crippen molar-refractivity contribution in [2.75, 3.05) is 6.54 Å². The molecule has 22 heavy (non-hydrogen) atoms. The van der Waals surface area contributed by atoms with Gasteiger partial charge in [0.25, 0.3) is 0 Å². The van der Waals surface area contributed by atoms with Crippen molar-refractivity contribution < 1.29 is 9.18 Å². The van der Waals surface area contributed by atoms with Gasteiger partial charge in [-0.1, -0.05) is 17.7 Å². The number of aromatic amines is 1. The van der Waals surface area contributed by atoms with E-state index in [0.717, 1.165) is 25.0 Å². The highest BCUT2D eigenvalue weighted by Gasteiger charge is 2.29. The van der Waals surface area contributed by atoms with Crippen molar-refractivity contribution in [1.29, 1.82) is 0 Å². The molecule has 1 aliphatic heterocycles. The van der Waals surface area contributed by atoms with Crippen LogP contribution in [0.4, 0.5) is 4.39 Å². The minimum absolute atomic E-state index is 0.0177. The quantitative estimate of drug-likeness (QED) is 0.940. The lowest BCUT2D eigenvalue weighted by Gasteiger charge is -2.35. The van der Waals surface area contributed by atoms with E-state index >= 15 is 0 Å². The average molecular weight is 322 g/mol. The zero-order chi connectivity index (χ0) is 15.5. The van der Waals surface area contributed by atoms with Gasteiger partial charge in [-0.2, -0.15) is 5.10 Å². The van der Waals surface area contributed by atoms with Crippen molar-refractivity contribution in [2.45, 2.75) is 31.7 Å². The highest BCUT2D eigenvalue weighted by atomic mass is 35.5. The number of carbonyl (C=O) groups excluding carboxylic acids is 1. The van der Waals surface area contributed by atoms with E-state index in [4.69, 9.17) is 11.6 Å². The van der Waals surface area contributed by atoms with E-state index in [9.17, 15) is 9.18 Å². The van der Waals surface area contributed by atoms with Gasteiger partial charge >= 0.3 is 0 Å². The van der Waals surface area contributed by atoms with Gasteiger partial charge in [0, 0.05) is 23.3 Å². The molecule has 1 amide bonds. The van der Waals surface area contributed by atoms with E-state index in [1.165, 1.54) is 6.07 Å². The predicted molar refractivity (Wildman–Crippen MR) is 82.0 cm³/mol. The third-order valence-electron chi connectivity index (χ3n) is 4.09. The summed E-state index contributed by atoms with van der Waals surface area (Å²) in [4.78, 5) is 14.4. The van der Waals surface area contributed by atoms with Crippen molar-refractivity contribution in [2.24, 2.45) is 0 Å². The van der Waals surface area contributed by atoms with Crippen LogP contribution in [0.3, 0.4) is 0 Å². The number of rotatable bonds is 3. The number of aromatic nitrogens is 2. The fourth-order valence-electron chi connectivity index (χ4n) is 2.96. The van der Waals surface area contributed by atoms with Crippen LogP contribution in [0.2, 0.25) is 5.02 Å². The lowest BCUT2D eigenvalue weighted by atomic mass is 9.98. The summed E-state index contributed by atoms with van der Waals surface area (Å²) in [6, 6.07) is 6.34. The van der Waals surface area contributed by atoms with Crippen LogP contribution < -0.4 is 0 Å². The molecule has 1 N–H and O–H groups in total. The van der Waals surface area contributed by atoms with E-state index in [-0.39, 0.29) is 23.9 Å². The number of amides is 1. The number of hydrogen-bond donors (Lipinski definition) is 1. The van der Waals surface area contributed by atoms with Crippen LogP contribution in [-0.2, 0) is 11.2 Å². The zero-order valence-electron chi connectivity index (χ0n) is 12.1. The number of piperidine rings is 1. The molecule has 0 unspecified atom stereocenters. The second-order valence-corrected chi connectivity index (χ2v) is 5.89. The topological polar surface area (TPSA) is 49.0 Å². The van der Waals surface area contributed by atoms with Crippen molar-refractivity contribution in [3.8, 4) is 0 Å². The largest absolute Gasteiger partial charge is 0.334 e. The maximum atomic E-state index is 13.9. The summed E-state index contributed by atoms with van der Waals surface area (Å²) < 4.78 is 13.9. The molecular formula is C16H17ClFN3O. The molecule has 3 rings (SSSR count). The first-order chi connectivity index (χ1) is 10.7. The van der Waals surface area contributed by atoms with Gasteiger partial charge in [-0.15, -0.1) is 0 Å². The molecule has 1 aromatic heterocycles. The molecular weight excluding hydrogens is 305 g/mol. The molecule has 1 saturated heterocycles. The molecule has 1 atom stereocenters. The Kier molecular flexibility index (Phi) is 4.43. The van der Waals surface area contributed by atoms with Crippen LogP contribution in [0.5, 0.6) is 0 Å². The normalized spacial score (nSPS) is 18.5. The van der Waals surface area contributed by atoms with Crippen LogP contribution in [0.15, 0.2) is 30.5 Å². The number of hydrogen-bond acceptors (Lipinski definition) is 2. The summed E-state index contributed by atoms with van der Waals surface area (Å²) in [7, 11) is 0. The van der Waals surface area contributed by atoms with E-state index in [0.29, 0.717) is 11.6 Å². The van der Waals surface area contributed by atoms with Crippen LogP contribution in [0.25, 0.3) is 0 Å². The molecule has 0 saturated carbocycles. The van der Waals surface area contributed by atoms with Crippen LogP contribution in [0.1, 0.15) is 36.6 Å². The second kappa shape index (κ2) is 6.48. The number of nitrogens with one attached hydrogen (secondary N) is 1. The standard InChI is InChI=1S/C16H17ClFN3O/c17-12-4-3-5-13(18)11(12)10-16(22)21-9-2-1-6-15(21)14-7-8-19-20-14/h3-5,7-8,15H,1-2,6,9-10H2,(H,19,20)/t15-/m0/s1. The summed E-state index contributed by atoms with van der Waals surface area (Å²) in [6.45, 7) is 0.675. The number of halogens is 2. The Labute approximate surface area is 133 Å². The van der Waals surface area contributed by atoms with Gasteiger partial charge in [0.1, 0.15) is 5.82 Å². The number of carbonyl (C=O) groups is 1. The van der Waals surface area contributed by atoms with Gasteiger partial charge in [0.2, 0.25) is 5.91 Å². The van der Waals surface area contributed by atoms with Gasteiger partial charge in [0.05, 0.1) is 18.2 Å². The first kappa shape index (κ1) is 15.0. The molecule has 1 aromatic carbocycles. The predicted octanol–water partition coefficient (Wildman–Crippen LogP) is 3.50. The van der Waals surface area contributed by atoms with Crippen LogP contribution >= 0.6 is 11.6 Å². The third-order valence-corrected chi connectivity index (χ3v) is 4.45. The van der Waals surface area contributed by atoms with E-state index < -0.39 is 5.82 Å². The summed E-state index contributed by atoms with van der Waals surface area (Å²) in [5.41, 5.74) is 1.19. The van der Waals surface area contributed by atoms with Gasteiger partial charge in [-0.3, -0.25) is 9.89 Å². The fraction of sp³-hybridized carbons (Fsp3) is 0.375. The van der Waals surface area contributed by atoms with Crippen LogP contribution in [-0.4, -0.2) is 27.5 Å². The third kappa shape index (κ3) is 2.99. The molecule has 4 nitrogen and oxygen atoms in total. The molecule has 0 spiro atoms. The van der Waals surface area contributed by atoms with Gasteiger partial charge < -0.3 is 4.90 Å². The van der Waals surface area contributed by atoms with Crippen molar-refractivity contribution in [1.82, 2.24) is 15.1 Å². The second-order valence-electron chi connectivity index (χ2n) is 5.49. The minimum Gasteiger partial charge on any atom is -0.334 e. The average Bonchev–Trinajstić information content (AvgIpc) is 3.05. The van der Waals surface area contributed by atoms with Gasteiger partial charge in [-0.25, -0.2) is 4.39 Å². The van der Waals surface area contributed by atoms with Crippen molar-refractivity contribution >= 4 is 17.5 Å². The SMILES string of the molecule is O=C(Cc1c(F)cccc1Cl)N1CCCC[C@H]1c1ccn[nH]1. The molecule has 0 bridgehead atoms. The first-order valence-electron chi connectivity index (χ1n) is 7.38. The Hall–Kier alpha value is -1.88. The fourth-order valence-corrected chi connectivity index (χ4v) is 3.19. The Morgan fingerprint density at radius 1 is 1.41 bits per heavy atom. The molecule has 116 valence electrons. The van der Waals surface area contributed by atoms with Gasteiger partial charge in [0.15, 0.2) is 0 Å². The lowest BCUT2D eigenvalue weighted by Crippen LogP contribution is -2.39. The molecule has 0 radical (unpaired) electrons. The maximum Gasteiger partial charge on any atom is 0.227 e. The Morgan fingerprint density at radius 3 is 3.00 bits per heavy atom. The molecule has 0 aliphatic carbocycles. The van der Waals surface area contributed by atoms with Crippen LogP contribution in [0, 0.1) is 5.82 Å². The number of nitrogens with zero attached hydrogens (tertiary/aromatic N) is 2. The molecule has 2 heterocycles. The Bertz CT molecular complexity index is 639. The lowest BCUT2D eigenvalue weighted by molar-refractivity contribution is -0.134. The molecule has 1 aliphatic rings. The summed E-state index contributed by atoms with van der Waals surface area (Å²) in [5, 5.41) is 7.19. The van der Waals surface area contributed by atoms with E-state index in [2.05, 4.69) is 10.2 Å². The Morgan fingerprint density at radius 2 is 2.27 bits per heavy atom. The Balaban J connectivity index is 1.81. The van der Waals surface area contributed by atoms with Crippen molar-refractivity contribution in [3.05, 3.63) is 52.6 Å². The minimum atomic E-state index is -0.434. The highest BCUT2D eigenvalue weighted by Crippen LogP contribution is 2.31. The smallest absolute Gasteiger partial charge is 0.227 e. The van der Waals surface area contributed by atoms with Gasteiger partial charge in [-0.05, 0) is 37.5 Å². The van der Waals surface area contributed by atoms with Crippen molar-refractivity contribution in [3.63, 3.8) is 0 Å². The first-order valence-corrected chi connectivity index (χ1v) is 7.76. The summed E-state index contributed by atoms with van der Waals surface area (Å²) >= 11 is 6.02. The summed E-state index contributed by atoms with van der Waals surface area (Å²) in [6.07, 6.45) is 4.57. The maximum absolute atomic E-state index is 13.9. The molecule has 1 fully saturated rings. The number of H-pyrrole nitrogens is 1. The number of benzene rings is 1. The van der Waals surface area contributed by atoms with E-state index in [1.807, 2.05) is 6.07 Å². The summed E-state index contributed by atoms with van der Waals surface area (Å²) in [5.74, 6) is -0.540.